The van der Waals surface area contributed by atoms with Crippen molar-refractivity contribution in [3.05, 3.63) is 208 Å². The molecule has 0 aromatic heterocycles. The molecular formula is C36H28N4O8. The molecule has 4 aromatic carbocycles. The molecule has 0 aliphatic carbocycles. The summed E-state index contributed by atoms with van der Waals surface area (Å²) in [6.07, 6.45) is 21.1. The maximum absolute atomic E-state index is 10.7. The summed E-state index contributed by atoms with van der Waals surface area (Å²) in [5.74, 6) is 0. The SMILES string of the molecule is O=[N+]([O-])c1cccc(/C=C/C=C/C=C/c2cccc([N+](=O)[O-])c2)c1.O=[N+]([O-])c1cccc(/C=C/C=C/C=C/c2cccc([N+](=O)[O-])c2)c1. The number of hydrogen-bond donors (Lipinski definition) is 0. The lowest BCUT2D eigenvalue weighted by molar-refractivity contribution is -0.385. The van der Waals surface area contributed by atoms with Crippen LogP contribution in [0.3, 0.4) is 0 Å². The third-order valence-electron chi connectivity index (χ3n) is 6.15. The molecule has 240 valence electrons. The van der Waals surface area contributed by atoms with Gasteiger partial charge in [0, 0.05) is 48.5 Å². The van der Waals surface area contributed by atoms with E-state index in [0.29, 0.717) is 0 Å². The Labute approximate surface area is 274 Å². The van der Waals surface area contributed by atoms with E-state index in [0.717, 1.165) is 22.3 Å². The van der Waals surface area contributed by atoms with Gasteiger partial charge in [-0.05, 0) is 22.3 Å². The summed E-state index contributed by atoms with van der Waals surface area (Å²) in [7, 11) is 0. The van der Waals surface area contributed by atoms with Gasteiger partial charge in [-0.2, -0.15) is 0 Å². The first-order chi connectivity index (χ1) is 23.1. The van der Waals surface area contributed by atoms with Crippen LogP contribution in [-0.4, -0.2) is 19.7 Å². The number of rotatable bonds is 12. The Kier molecular flexibility index (Phi) is 13.8. The lowest BCUT2D eigenvalue weighted by Crippen LogP contribution is -1.87. The van der Waals surface area contributed by atoms with Crippen LogP contribution >= 0.6 is 0 Å². The number of non-ortho nitro benzene ring substituents is 4. The van der Waals surface area contributed by atoms with E-state index < -0.39 is 19.7 Å². The summed E-state index contributed by atoms with van der Waals surface area (Å²) in [5.41, 5.74) is 3.12. The molecule has 0 aliphatic rings. The van der Waals surface area contributed by atoms with Gasteiger partial charge in [-0.15, -0.1) is 0 Å². The fraction of sp³-hybridized carbons (Fsp3) is 0. The predicted octanol–water partition coefficient (Wildman–Crippen LogP) is 9.57. The van der Waals surface area contributed by atoms with Crippen LogP contribution in [0.5, 0.6) is 0 Å². The van der Waals surface area contributed by atoms with Crippen LogP contribution in [0.4, 0.5) is 22.7 Å². The van der Waals surface area contributed by atoms with Crippen LogP contribution in [0.15, 0.2) is 146 Å². The number of nitro groups is 4. The molecule has 0 amide bonds. The first-order valence-electron chi connectivity index (χ1n) is 14.1. The van der Waals surface area contributed by atoms with Gasteiger partial charge >= 0.3 is 0 Å². The van der Waals surface area contributed by atoms with E-state index in [1.54, 1.807) is 121 Å². The van der Waals surface area contributed by atoms with Gasteiger partial charge in [0.25, 0.3) is 22.7 Å². The predicted molar refractivity (Wildman–Crippen MR) is 187 cm³/mol. The Balaban J connectivity index is 0.000000260. The third kappa shape index (κ3) is 12.5. The fourth-order valence-corrected chi connectivity index (χ4v) is 3.89. The summed E-state index contributed by atoms with van der Waals surface area (Å²) in [5, 5.41) is 42.7. The van der Waals surface area contributed by atoms with Crippen LogP contribution in [0.2, 0.25) is 0 Å². The molecule has 0 heterocycles. The molecule has 12 heteroatoms. The molecule has 48 heavy (non-hydrogen) atoms. The molecule has 0 fully saturated rings. The van der Waals surface area contributed by atoms with Gasteiger partial charge in [-0.3, -0.25) is 40.5 Å². The van der Waals surface area contributed by atoms with Crippen LogP contribution in [0.1, 0.15) is 22.3 Å². The normalized spacial score (nSPS) is 11.5. The fourth-order valence-electron chi connectivity index (χ4n) is 3.89. The van der Waals surface area contributed by atoms with Crippen LogP contribution in [-0.2, 0) is 0 Å². The van der Waals surface area contributed by atoms with E-state index in [4.69, 9.17) is 0 Å². The van der Waals surface area contributed by atoms with E-state index in [1.807, 2.05) is 0 Å². The zero-order chi connectivity index (χ0) is 34.7. The molecule has 4 rings (SSSR count). The van der Waals surface area contributed by atoms with Crippen LogP contribution in [0, 0.1) is 40.5 Å². The second kappa shape index (κ2) is 18.7. The Morgan fingerprint density at radius 1 is 0.333 bits per heavy atom. The van der Waals surface area contributed by atoms with Gasteiger partial charge in [0.15, 0.2) is 0 Å². The minimum atomic E-state index is -0.436. The summed E-state index contributed by atoms with van der Waals surface area (Å²) in [6.45, 7) is 0. The minimum absolute atomic E-state index is 0.0479. The van der Waals surface area contributed by atoms with E-state index in [9.17, 15) is 40.5 Å². The Morgan fingerprint density at radius 3 is 0.729 bits per heavy atom. The molecule has 0 spiro atoms. The van der Waals surface area contributed by atoms with Crippen molar-refractivity contribution >= 4 is 47.1 Å². The average molecular weight is 645 g/mol. The van der Waals surface area contributed by atoms with Gasteiger partial charge in [0.05, 0.1) is 19.7 Å². The van der Waals surface area contributed by atoms with E-state index >= 15 is 0 Å². The molecule has 0 saturated carbocycles. The van der Waals surface area contributed by atoms with Crippen molar-refractivity contribution in [3.63, 3.8) is 0 Å². The largest absolute Gasteiger partial charge is 0.270 e. The molecule has 0 saturated heterocycles. The van der Waals surface area contributed by atoms with Crippen molar-refractivity contribution in [2.75, 3.05) is 0 Å². The van der Waals surface area contributed by atoms with Gasteiger partial charge in [0.2, 0.25) is 0 Å². The molecule has 12 nitrogen and oxygen atoms in total. The smallest absolute Gasteiger partial charge is 0.258 e. The van der Waals surface area contributed by atoms with Crippen molar-refractivity contribution in [3.8, 4) is 0 Å². The van der Waals surface area contributed by atoms with Crippen molar-refractivity contribution < 1.29 is 19.7 Å². The van der Waals surface area contributed by atoms with Crippen molar-refractivity contribution in [2.24, 2.45) is 0 Å². The molecule has 0 N–H and O–H groups in total. The second-order valence-electron chi connectivity index (χ2n) is 9.61. The van der Waals surface area contributed by atoms with Gasteiger partial charge in [-0.1, -0.05) is 121 Å². The molecular weight excluding hydrogens is 616 g/mol. The maximum Gasteiger partial charge on any atom is 0.270 e. The number of nitrogens with zero attached hydrogens (tertiary/aromatic N) is 4. The van der Waals surface area contributed by atoms with E-state index in [-0.39, 0.29) is 22.7 Å². The summed E-state index contributed by atoms with van der Waals surface area (Å²) in [4.78, 5) is 41.0. The Bertz CT molecular complexity index is 1680. The van der Waals surface area contributed by atoms with Gasteiger partial charge in [-0.25, -0.2) is 0 Å². The maximum atomic E-state index is 10.7. The lowest BCUT2D eigenvalue weighted by atomic mass is 10.2. The summed E-state index contributed by atoms with van der Waals surface area (Å²) >= 11 is 0. The monoisotopic (exact) mass is 644 g/mol. The highest BCUT2D eigenvalue weighted by Crippen LogP contribution is 2.17. The lowest BCUT2D eigenvalue weighted by Gasteiger charge is -1.93. The summed E-state index contributed by atoms with van der Waals surface area (Å²) in [6, 6.07) is 25.3. The first-order valence-corrected chi connectivity index (χ1v) is 14.1. The molecule has 4 aromatic rings. The Hall–Kier alpha value is -7.08. The van der Waals surface area contributed by atoms with Crippen molar-refractivity contribution in [1.29, 1.82) is 0 Å². The Morgan fingerprint density at radius 2 is 0.542 bits per heavy atom. The zero-order valence-corrected chi connectivity index (χ0v) is 25.2. The number of benzene rings is 4. The van der Waals surface area contributed by atoms with Crippen LogP contribution < -0.4 is 0 Å². The molecule has 0 aliphatic heterocycles. The first kappa shape index (κ1) is 35.4. The number of nitro benzene ring substituents is 4. The molecule has 0 bridgehead atoms. The number of allylic oxidation sites excluding steroid dienone is 8. The molecule has 0 atom stereocenters. The van der Waals surface area contributed by atoms with Crippen molar-refractivity contribution in [1.82, 2.24) is 0 Å². The zero-order valence-electron chi connectivity index (χ0n) is 25.2. The third-order valence-corrected chi connectivity index (χ3v) is 6.15. The summed E-state index contributed by atoms with van der Waals surface area (Å²) < 4.78 is 0. The average Bonchev–Trinajstić information content (AvgIpc) is 3.08. The van der Waals surface area contributed by atoms with Gasteiger partial charge < -0.3 is 0 Å². The minimum Gasteiger partial charge on any atom is -0.258 e. The number of hydrogen-bond acceptors (Lipinski definition) is 8. The second-order valence-corrected chi connectivity index (χ2v) is 9.61. The quantitative estimate of drug-likeness (QED) is 0.0832. The molecule has 0 unspecified atom stereocenters. The van der Waals surface area contributed by atoms with Gasteiger partial charge in [0.1, 0.15) is 0 Å². The highest BCUT2D eigenvalue weighted by atomic mass is 16.6. The van der Waals surface area contributed by atoms with E-state index in [2.05, 4.69) is 0 Å². The highest BCUT2D eigenvalue weighted by molar-refractivity contribution is 5.58. The van der Waals surface area contributed by atoms with Crippen molar-refractivity contribution in [2.45, 2.75) is 0 Å². The van der Waals surface area contributed by atoms with Crippen LogP contribution in [0.25, 0.3) is 24.3 Å². The molecule has 0 radical (unpaired) electrons. The van der Waals surface area contributed by atoms with E-state index in [1.165, 1.54) is 48.5 Å². The standard InChI is InChI=1S/2C18H14N2O4/c2*21-19(22)17-11-5-9-15(13-17)7-3-1-2-4-8-16-10-6-12-18(14-16)20(23)24/h2*1-14H/b2*2-1+,7-3+,8-4+. The highest BCUT2D eigenvalue weighted by Gasteiger charge is 2.05. The topological polar surface area (TPSA) is 173 Å².